The van der Waals surface area contributed by atoms with Crippen LogP contribution in [0.15, 0.2) is 24.4 Å². The molecule has 4 rings (SSSR count). The lowest BCUT2D eigenvalue weighted by atomic mass is 10.2. The zero-order chi connectivity index (χ0) is 19.1. The molecule has 140 valence electrons. The molecule has 7 heteroatoms. The van der Waals surface area contributed by atoms with E-state index in [9.17, 15) is 4.79 Å². The standard InChI is InChI=1S/C20H23N5O2/c1-11(2)27-14-7-8-15-17(9-14)25(4)24-19(15)23-20(26)16-10-21-18(13-5-6-13)22-12(16)3/h7-11,13H,5-6H2,1-4H3,(H,23,24,26). The molecule has 1 aliphatic carbocycles. The maximum absolute atomic E-state index is 12.7. The molecule has 1 fully saturated rings. The summed E-state index contributed by atoms with van der Waals surface area (Å²) in [6, 6.07) is 5.73. The predicted octanol–water partition coefficient (Wildman–Crippen LogP) is 3.59. The molecule has 1 amide bonds. The average molecular weight is 365 g/mol. The molecule has 0 spiro atoms. The average Bonchev–Trinajstić information content (AvgIpc) is 3.41. The summed E-state index contributed by atoms with van der Waals surface area (Å²) in [6.45, 7) is 5.81. The minimum absolute atomic E-state index is 0.0939. The van der Waals surface area contributed by atoms with E-state index in [4.69, 9.17) is 4.74 Å². The highest BCUT2D eigenvalue weighted by molar-refractivity contribution is 6.08. The monoisotopic (exact) mass is 365 g/mol. The van der Waals surface area contributed by atoms with Crippen molar-refractivity contribution in [1.82, 2.24) is 19.7 Å². The van der Waals surface area contributed by atoms with Gasteiger partial charge in [0.15, 0.2) is 5.82 Å². The fourth-order valence-corrected chi connectivity index (χ4v) is 3.10. The van der Waals surface area contributed by atoms with Crippen molar-refractivity contribution in [2.24, 2.45) is 7.05 Å². The van der Waals surface area contributed by atoms with E-state index < -0.39 is 0 Å². The lowest BCUT2D eigenvalue weighted by Crippen LogP contribution is -2.16. The van der Waals surface area contributed by atoms with Gasteiger partial charge in [-0.15, -0.1) is 0 Å². The lowest BCUT2D eigenvalue weighted by Gasteiger charge is -2.09. The molecule has 0 atom stereocenters. The Morgan fingerprint density at radius 3 is 2.78 bits per heavy atom. The minimum Gasteiger partial charge on any atom is -0.491 e. The van der Waals surface area contributed by atoms with Crippen LogP contribution in [0.2, 0.25) is 0 Å². The normalized spacial score (nSPS) is 14.0. The van der Waals surface area contributed by atoms with Crippen LogP contribution in [-0.2, 0) is 7.05 Å². The number of ether oxygens (including phenoxy) is 1. The van der Waals surface area contributed by atoms with Crippen LogP contribution in [0.5, 0.6) is 5.75 Å². The van der Waals surface area contributed by atoms with Crippen LogP contribution >= 0.6 is 0 Å². The summed E-state index contributed by atoms with van der Waals surface area (Å²) >= 11 is 0. The zero-order valence-corrected chi connectivity index (χ0v) is 16.0. The van der Waals surface area contributed by atoms with E-state index in [-0.39, 0.29) is 12.0 Å². The highest BCUT2D eigenvalue weighted by Crippen LogP contribution is 2.38. The van der Waals surface area contributed by atoms with Gasteiger partial charge in [0, 0.05) is 30.6 Å². The van der Waals surface area contributed by atoms with E-state index >= 15 is 0 Å². The maximum Gasteiger partial charge on any atom is 0.260 e. The molecule has 2 aromatic heterocycles. The molecule has 1 saturated carbocycles. The number of amides is 1. The molecule has 1 N–H and O–H groups in total. The first-order chi connectivity index (χ1) is 12.9. The SMILES string of the molecule is Cc1nc(C2CC2)ncc1C(=O)Nc1nn(C)c2cc(OC(C)C)ccc12. The van der Waals surface area contributed by atoms with Crippen molar-refractivity contribution in [3.63, 3.8) is 0 Å². The fraction of sp³-hybridized carbons (Fsp3) is 0.400. The molecule has 3 aromatic rings. The molecule has 1 aromatic carbocycles. The molecule has 2 heterocycles. The van der Waals surface area contributed by atoms with Crippen LogP contribution in [0, 0.1) is 6.92 Å². The summed E-state index contributed by atoms with van der Waals surface area (Å²) in [5.41, 5.74) is 2.05. The molecule has 1 aliphatic rings. The van der Waals surface area contributed by atoms with Gasteiger partial charge in [-0.1, -0.05) is 0 Å². The highest BCUT2D eigenvalue weighted by Gasteiger charge is 2.27. The van der Waals surface area contributed by atoms with E-state index in [1.807, 2.05) is 46.0 Å². The first-order valence-electron chi connectivity index (χ1n) is 9.20. The Labute approximate surface area is 157 Å². The third-order valence-corrected chi connectivity index (χ3v) is 4.61. The largest absolute Gasteiger partial charge is 0.491 e. The number of hydrogen-bond donors (Lipinski definition) is 1. The molecule has 27 heavy (non-hydrogen) atoms. The Morgan fingerprint density at radius 1 is 1.33 bits per heavy atom. The summed E-state index contributed by atoms with van der Waals surface area (Å²) < 4.78 is 7.48. The third-order valence-electron chi connectivity index (χ3n) is 4.61. The Morgan fingerprint density at radius 2 is 2.11 bits per heavy atom. The van der Waals surface area contributed by atoms with Crippen molar-refractivity contribution in [3.05, 3.63) is 41.5 Å². The first kappa shape index (κ1) is 17.5. The number of anilines is 1. The van der Waals surface area contributed by atoms with Crippen LogP contribution in [-0.4, -0.2) is 31.8 Å². The van der Waals surface area contributed by atoms with Crippen LogP contribution in [0.3, 0.4) is 0 Å². The lowest BCUT2D eigenvalue weighted by molar-refractivity contribution is 0.102. The van der Waals surface area contributed by atoms with E-state index in [1.165, 1.54) is 0 Å². The second-order valence-corrected chi connectivity index (χ2v) is 7.27. The topological polar surface area (TPSA) is 81.9 Å². The molecular formula is C20H23N5O2. The summed E-state index contributed by atoms with van der Waals surface area (Å²) in [4.78, 5) is 21.6. The van der Waals surface area contributed by atoms with Gasteiger partial charge in [0.05, 0.1) is 22.9 Å². The Bertz CT molecular complexity index is 1020. The molecule has 0 aliphatic heterocycles. The van der Waals surface area contributed by atoms with Crippen LogP contribution in [0.25, 0.3) is 10.9 Å². The van der Waals surface area contributed by atoms with Crippen LogP contribution in [0.1, 0.15) is 54.5 Å². The summed E-state index contributed by atoms with van der Waals surface area (Å²) in [5.74, 6) is 2.34. The quantitative estimate of drug-likeness (QED) is 0.747. The van der Waals surface area contributed by atoms with E-state index in [0.29, 0.717) is 23.0 Å². The van der Waals surface area contributed by atoms with Crippen molar-refractivity contribution >= 4 is 22.6 Å². The Balaban J connectivity index is 1.60. The van der Waals surface area contributed by atoms with Gasteiger partial charge in [0.25, 0.3) is 5.91 Å². The number of hydrogen-bond acceptors (Lipinski definition) is 5. The third kappa shape index (κ3) is 3.49. The summed E-state index contributed by atoms with van der Waals surface area (Å²) in [5, 5.41) is 8.20. The molecule has 0 bridgehead atoms. The predicted molar refractivity (Wildman–Crippen MR) is 103 cm³/mol. The summed E-state index contributed by atoms with van der Waals surface area (Å²) in [7, 11) is 1.84. The zero-order valence-electron chi connectivity index (χ0n) is 16.0. The van der Waals surface area contributed by atoms with Gasteiger partial charge in [0.1, 0.15) is 11.6 Å². The van der Waals surface area contributed by atoms with E-state index in [2.05, 4.69) is 20.4 Å². The number of benzene rings is 1. The Kier molecular flexibility index (Phi) is 4.30. The molecule has 0 unspecified atom stereocenters. The second kappa shape index (κ2) is 6.64. The second-order valence-electron chi connectivity index (χ2n) is 7.27. The number of rotatable bonds is 5. The van der Waals surface area contributed by atoms with E-state index in [0.717, 1.165) is 35.3 Å². The van der Waals surface area contributed by atoms with Crippen molar-refractivity contribution in [3.8, 4) is 5.75 Å². The fourth-order valence-electron chi connectivity index (χ4n) is 3.10. The van der Waals surface area contributed by atoms with Crippen molar-refractivity contribution < 1.29 is 9.53 Å². The summed E-state index contributed by atoms with van der Waals surface area (Å²) in [6.07, 6.45) is 3.97. The van der Waals surface area contributed by atoms with Crippen molar-refractivity contribution in [2.45, 2.75) is 45.6 Å². The van der Waals surface area contributed by atoms with Crippen molar-refractivity contribution in [1.29, 1.82) is 0 Å². The molecule has 0 saturated heterocycles. The number of aryl methyl sites for hydroxylation is 2. The first-order valence-corrected chi connectivity index (χ1v) is 9.20. The van der Waals surface area contributed by atoms with Crippen LogP contribution in [0.4, 0.5) is 5.82 Å². The van der Waals surface area contributed by atoms with Gasteiger partial charge in [-0.3, -0.25) is 9.48 Å². The van der Waals surface area contributed by atoms with Gasteiger partial charge in [-0.2, -0.15) is 5.10 Å². The number of nitrogens with one attached hydrogen (secondary N) is 1. The van der Waals surface area contributed by atoms with Gasteiger partial charge in [-0.05, 0) is 45.7 Å². The Hall–Kier alpha value is -2.96. The van der Waals surface area contributed by atoms with Gasteiger partial charge < -0.3 is 10.1 Å². The van der Waals surface area contributed by atoms with Gasteiger partial charge in [-0.25, -0.2) is 9.97 Å². The highest BCUT2D eigenvalue weighted by atomic mass is 16.5. The maximum atomic E-state index is 12.7. The number of nitrogens with zero attached hydrogens (tertiary/aromatic N) is 4. The van der Waals surface area contributed by atoms with Gasteiger partial charge in [0.2, 0.25) is 0 Å². The number of fused-ring (bicyclic) bond motifs is 1. The number of aromatic nitrogens is 4. The van der Waals surface area contributed by atoms with Crippen molar-refractivity contribution in [2.75, 3.05) is 5.32 Å². The van der Waals surface area contributed by atoms with E-state index in [1.54, 1.807) is 10.9 Å². The molecular weight excluding hydrogens is 342 g/mol. The molecule has 7 nitrogen and oxygen atoms in total. The smallest absolute Gasteiger partial charge is 0.260 e. The molecule has 0 radical (unpaired) electrons. The number of carbonyl (C=O) groups excluding carboxylic acids is 1. The number of carbonyl (C=O) groups is 1. The minimum atomic E-state index is -0.252. The van der Waals surface area contributed by atoms with Crippen LogP contribution < -0.4 is 10.1 Å². The van der Waals surface area contributed by atoms with Gasteiger partial charge >= 0.3 is 0 Å².